The maximum atomic E-state index is 14.0. The van der Waals surface area contributed by atoms with Crippen molar-refractivity contribution in [3.63, 3.8) is 0 Å². The Labute approximate surface area is 125 Å². The molecule has 2 rings (SSSR count). The van der Waals surface area contributed by atoms with E-state index in [-0.39, 0.29) is 17.8 Å². The van der Waals surface area contributed by atoms with Crippen molar-refractivity contribution in [3.8, 4) is 11.5 Å². The van der Waals surface area contributed by atoms with Gasteiger partial charge in [0.25, 0.3) is 0 Å². The van der Waals surface area contributed by atoms with Gasteiger partial charge in [0.1, 0.15) is 5.75 Å². The van der Waals surface area contributed by atoms with Crippen LogP contribution in [0, 0.1) is 12.7 Å². The van der Waals surface area contributed by atoms with Crippen molar-refractivity contribution in [2.45, 2.75) is 39.7 Å². The zero-order valence-corrected chi connectivity index (χ0v) is 12.9. The Hall–Kier alpha value is -1.87. The topological polar surface area (TPSA) is 29.5 Å². The van der Waals surface area contributed by atoms with Crippen LogP contribution in [0.1, 0.15) is 37.5 Å². The fraction of sp³-hybridized carbons (Fsp3) is 0.333. The number of ether oxygens (including phenoxy) is 1. The summed E-state index contributed by atoms with van der Waals surface area (Å²) < 4.78 is 19.9. The van der Waals surface area contributed by atoms with E-state index in [0.29, 0.717) is 11.3 Å². The summed E-state index contributed by atoms with van der Waals surface area (Å²) in [6.07, 6.45) is 0. The first-order chi connectivity index (χ1) is 9.82. The average Bonchev–Trinajstić information content (AvgIpc) is 2.39. The Morgan fingerprint density at radius 1 is 1.14 bits per heavy atom. The van der Waals surface area contributed by atoms with Gasteiger partial charge in [-0.25, -0.2) is 4.39 Å². The van der Waals surface area contributed by atoms with Crippen molar-refractivity contribution >= 4 is 0 Å². The lowest BCUT2D eigenvalue weighted by molar-refractivity contribution is 0.274. The molecule has 0 radical (unpaired) electrons. The second-order valence-corrected chi connectivity index (χ2v) is 6.24. The molecule has 0 aliphatic rings. The predicted octanol–water partition coefficient (Wildman–Crippen LogP) is 4.72. The molecule has 0 aromatic heterocycles. The molecular formula is C18H21FO2. The third-order valence-corrected chi connectivity index (χ3v) is 3.38. The molecule has 0 heterocycles. The third-order valence-electron chi connectivity index (χ3n) is 3.38. The summed E-state index contributed by atoms with van der Waals surface area (Å²) in [7, 11) is 0. The molecule has 0 amide bonds. The molecular weight excluding hydrogens is 267 g/mol. The van der Waals surface area contributed by atoms with Crippen LogP contribution in [0.15, 0.2) is 36.4 Å². The molecule has 0 saturated carbocycles. The second-order valence-electron chi connectivity index (χ2n) is 6.24. The molecule has 2 aromatic rings. The lowest BCUT2D eigenvalue weighted by Crippen LogP contribution is -2.13. The molecule has 0 saturated heterocycles. The number of benzene rings is 2. The first kappa shape index (κ1) is 15.5. The van der Waals surface area contributed by atoms with Gasteiger partial charge in [-0.1, -0.05) is 45.0 Å². The van der Waals surface area contributed by atoms with E-state index >= 15 is 0 Å². The first-order valence-corrected chi connectivity index (χ1v) is 7.00. The summed E-state index contributed by atoms with van der Waals surface area (Å²) >= 11 is 0. The molecule has 2 aromatic carbocycles. The van der Waals surface area contributed by atoms with Gasteiger partial charge in [0.05, 0.1) is 6.61 Å². The minimum absolute atomic E-state index is 0.0936. The number of aliphatic hydroxyl groups excluding tert-OH is 1. The van der Waals surface area contributed by atoms with E-state index in [1.807, 2.05) is 25.1 Å². The monoisotopic (exact) mass is 288 g/mol. The Bertz CT molecular complexity index is 642. The molecule has 2 nitrogen and oxygen atoms in total. The lowest BCUT2D eigenvalue weighted by atomic mass is 9.86. The Kier molecular flexibility index (Phi) is 4.33. The van der Waals surface area contributed by atoms with E-state index in [0.717, 1.165) is 11.1 Å². The van der Waals surface area contributed by atoms with Crippen LogP contribution >= 0.6 is 0 Å². The van der Waals surface area contributed by atoms with Gasteiger partial charge in [-0.2, -0.15) is 0 Å². The quantitative estimate of drug-likeness (QED) is 0.885. The molecule has 0 bridgehead atoms. The van der Waals surface area contributed by atoms with E-state index in [2.05, 4.69) is 20.8 Å². The van der Waals surface area contributed by atoms with Gasteiger partial charge >= 0.3 is 0 Å². The number of para-hydroxylation sites is 1. The van der Waals surface area contributed by atoms with Crippen molar-refractivity contribution in [2.75, 3.05) is 0 Å². The van der Waals surface area contributed by atoms with E-state index in [4.69, 9.17) is 4.74 Å². The van der Waals surface area contributed by atoms with E-state index in [1.165, 1.54) is 6.07 Å². The minimum atomic E-state index is -0.470. The number of aryl methyl sites for hydroxylation is 1. The lowest BCUT2D eigenvalue weighted by Gasteiger charge is -2.23. The maximum Gasteiger partial charge on any atom is 0.168 e. The van der Waals surface area contributed by atoms with Crippen LogP contribution in [0.2, 0.25) is 0 Å². The summed E-state index contributed by atoms with van der Waals surface area (Å²) in [4.78, 5) is 0. The molecule has 0 fully saturated rings. The van der Waals surface area contributed by atoms with Crippen LogP contribution < -0.4 is 4.74 Å². The minimum Gasteiger partial charge on any atom is -0.454 e. The summed E-state index contributed by atoms with van der Waals surface area (Å²) in [6.45, 7) is 7.95. The van der Waals surface area contributed by atoms with Crippen LogP contribution in [0.3, 0.4) is 0 Å². The number of halogens is 1. The molecule has 1 N–H and O–H groups in total. The van der Waals surface area contributed by atoms with Gasteiger partial charge in [0.2, 0.25) is 0 Å². The maximum absolute atomic E-state index is 14.0. The standard InChI is InChI=1S/C18H21FO2/c1-12-8-9-14(18(2,3)4)16(10-12)21-17-13(11-20)6-5-7-15(17)19/h5-10,20H,11H2,1-4H3. The highest BCUT2D eigenvalue weighted by atomic mass is 19.1. The molecule has 0 unspecified atom stereocenters. The fourth-order valence-corrected chi connectivity index (χ4v) is 2.24. The first-order valence-electron chi connectivity index (χ1n) is 7.00. The Morgan fingerprint density at radius 3 is 2.48 bits per heavy atom. The smallest absolute Gasteiger partial charge is 0.168 e. The Balaban J connectivity index is 2.52. The van der Waals surface area contributed by atoms with Crippen molar-refractivity contribution in [2.24, 2.45) is 0 Å². The highest BCUT2D eigenvalue weighted by Gasteiger charge is 2.21. The van der Waals surface area contributed by atoms with E-state index in [9.17, 15) is 9.50 Å². The van der Waals surface area contributed by atoms with Crippen molar-refractivity contribution in [1.82, 2.24) is 0 Å². The van der Waals surface area contributed by atoms with Crippen molar-refractivity contribution in [1.29, 1.82) is 0 Å². The van der Waals surface area contributed by atoms with Crippen molar-refractivity contribution in [3.05, 3.63) is 58.9 Å². The van der Waals surface area contributed by atoms with Crippen molar-refractivity contribution < 1.29 is 14.2 Å². The van der Waals surface area contributed by atoms with Crippen LogP contribution in [0.25, 0.3) is 0 Å². The van der Waals surface area contributed by atoms with Crippen LogP contribution in [-0.4, -0.2) is 5.11 Å². The number of rotatable bonds is 3. The van der Waals surface area contributed by atoms with Crippen LogP contribution in [-0.2, 0) is 12.0 Å². The SMILES string of the molecule is Cc1ccc(C(C)(C)C)c(Oc2c(F)cccc2CO)c1. The number of hydrogen-bond acceptors (Lipinski definition) is 2. The fourth-order valence-electron chi connectivity index (χ4n) is 2.24. The van der Waals surface area contributed by atoms with Crippen LogP contribution in [0.4, 0.5) is 4.39 Å². The molecule has 0 spiro atoms. The summed E-state index contributed by atoms with van der Waals surface area (Å²) in [5.74, 6) is 0.251. The van der Waals surface area contributed by atoms with Gasteiger partial charge in [-0.15, -0.1) is 0 Å². The zero-order chi connectivity index (χ0) is 15.6. The molecule has 21 heavy (non-hydrogen) atoms. The van der Waals surface area contributed by atoms with E-state index in [1.54, 1.807) is 12.1 Å². The largest absolute Gasteiger partial charge is 0.454 e. The highest BCUT2D eigenvalue weighted by molar-refractivity contribution is 5.46. The third kappa shape index (κ3) is 3.42. The zero-order valence-electron chi connectivity index (χ0n) is 12.9. The summed E-state index contributed by atoms with van der Waals surface area (Å²) in [6, 6.07) is 10.5. The molecule has 0 aliphatic carbocycles. The molecule has 0 aliphatic heterocycles. The van der Waals surface area contributed by atoms with Gasteiger partial charge < -0.3 is 9.84 Å². The number of hydrogen-bond donors (Lipinski definition) is 1. The Morgan fingerprint density at radius 2 is 1.86 bits per heavy atom. The van der Waals surface area contributed by atoms with E-state index < -0.39 is 5.82 Å². The predicted molar refractivity (Wildman–Crippen MR) is 82.3 cm³/mol. The molecule has 0 atom stereocenters. The molecule has 3 heteroatoms. The second kappa shape index (κ2) is 5.86. The van der Waals surface area contributed by atoms with Gasteiger partial charge in [0.15, 0.2) is 11.6 Å². The van der Waals surface area contributed by atoms with Crippen LogP contribution in [0.5, 0.6) is 11.5 Å². The average molecular weight is 288 g/mol. The number of aliphatic hydroxyl groups is 1. The normalized spacial score (nSPS) is 11.5. The summed E-state index contributed by atoms with van der Waals surface area (Å²) in [5, 5.41) is 9.36. The summed E-state index contributed by atoms with van der Waals surface area (Å²) in [5.41, 5.74) is 2.37. The van der Waals surface area contributed by atoms with Gasteiger partial charge in [-0.3, -0.25) is 0 Å². The highest BCUT2D eigenvalue weighted by Crippen LogP contribution is 2.36. The van der Waals surface area contributed by atoms with Gasteiger partial charge in [-0.05, 0) is 30.0 Å². The van der Waals surface area contributed by atoms with Gasteiger partial charge in [0, 0.05) is 11.1 Å². The molecule has 112 valence electrons.